The lowest BCUT2D eigenvalue weighted by atomic mass is 10.0. The Hall–Kier alpha value is -1.56. The number of nitrogens with one attached hydrogen (secondary N) is 1. The molecule has 1 aromatic heterocycles. The van der Waals surface area contributed by atoms with Crippen LogP contribution in [-0.2, 0) is 16.0 Å². The summed E-state index contributed by atoms with van der Waals surface area (Å²) < 4.78 is 5.48. The summed E-state index contributed by atoms with van der Waals surface area (Å²) >= 11 is 1.59. The van der Waals surface area contributed by atoms with E-state index >= 15 is 0 Å². The molecule has 0 bridgehead atoms. The second-order valence-corrected chi connectivity index (χ2v) is 7.72. The van der Waals surface area contributed by atoms with Gasteiger partial charge in [-0.25, -0.2) is 4.79 Å². The highest BCUT2D eigenvalue weighted by Gasteiger charge is 2.30. The maximum Gasteiger partial charge on any atom is 0.410 e. The zero-order valence-electron chi connectivity index (χ0n) is 14.1. The number of nitrogens with zero attached hydrogens (tertiary/aromatic N) is 1. The van der Waals surface area contributed by atoms with Crippen molar-refractivity contribution in [2.24, 2.45) is 0 Å². The highest BCUT2D eigenvalue weighted by atomic mass is 32.1. The minimum atomic E-state index is -0.499. The van der Waals surface area contributed by atoms with E-state index in [9.17, 15) is 9.59 Å². The molecule has 1 aliphatic heterocycles. The van der Waals surface area contributed by atoms with Gasteiger partial charge in [0.25, 0.3) is 0 Å². The van der Waals surface area contributed by atoms with Crippen molar-refractivity contribution in [2.45, 2.75) is 58.1 Å². The van der Waals surface area contributed by atoms with Crippen molar-refractivity contribution < 1.29 is 14.3 Å². The number of piperidine rings is 1. The second kappa shape index (κ2) is 7.81. The summed E-state index contributed by atoms with van der Waals surface area (Å²) in [6.45, 7) is 6.79. The number of ether oxygens (including phenoxy) is 1. The summed E-state index contributed by atoms with van der Waals surface area (Å²) in [5.74, 6) is -0.00175. The first-order valence-electron chi connectivity index (χ1n) is 8.12. The highest BCUT2D eigenvalue weighted by Crippen LogP contribution is 2.20. The average molecular weight is 338 g/mol. The Bertz CT molecular complexity index is 522. The van der Waals surface area contributed by atoms with Crippen LogP contribution in [0.3, 0.4) is 0 Å². The van der Waals surface area contributed by atoms with Crippen LogP contribution in [0.1, 0.15) is 45.6 Å². The first kappa shape index (κ1) is 17.8. The highest BCUT2D eigenvalue weighted by molar-refractivity contribution is 7.07. The number of hydrogen-bond acceptors (Lipinski definition) is 4. The quantitative estimate of drug-likeness (QED) is 0.917. The van der Waals surface area contributed by atoms with Crippen LogP contribution in [0, 0.1) is 0 Å². The van der Waals surface area contributed by atoms with Crippen LogP contribution < -0.4 is 5.32 Å². The Labute approximate surface area is 142 Å². The first-order valence-corrected chi connectivity index (χ1v) is 9.07. The smallest absolute Gasteiger partial charge is 0.410 e. The number of likely N-dealkylation sites (tertiary alicyclic amines) is 1. The summed E-state index contributed by atoms with van der Waals surface area (Å²) in [6, 6.07) is 1.97. The predicted octanol–water partition coefficient (Wildman–Crippen LogP) is 3.20. The molecule has 1 aliphatic rings. The van der Waals surface area contributed by atoms with Gasteiger partial charge in [-0.3, -0.25) is 4.79 Å². The Kier molecular flexibility index (Phi) is 6.04. The van der Waals surface area contributed by atoms with Crippen LogP contribution in [0.15, 0.2) is 16.8 Å². The Morgan fingerprint density at radius 3 is 2.83 bits per heavy atom. The molecule has 2 rings (SSSR count). The van der Waals surface area contributed by atoms with Gasteiger partial charge in [-0.1, -0.05) is 0 Å². The number of hydrogen-bond donors (Lipinski definition) is 1. The van der Waals surface area contributed by atoms with Crippen LogP contribution in [-0.4, -0.2) is 41.6 Å². The number of carbonyl (C=O) groups is 2. The molecule has 1 fully saturated rings. The van der Waals surface area contributed by atoms with Gasteiger partial charge in [0.2, 0.25) is 5.91 Å². The fourth-order valence-corrected chi connectivity index (χ4v) is 3.32. The molecule has 2 amide bonds. The Morgan fingerprint density at radius 1 is 1.39 bits per heavy atom. The molecule has 1 N–H and O–H groups in total. The SMILES string of the molecule is CC(C)(C)OC(=O)N1CCCC[C@@H]1CNC(=O)Cc1ccsc1. The van der Waals surface area contributed by atoms with Crippen LogP contribution in [0.5, 0.6) is 0 Å². The van der Waals surface area contributed by atoms with Gasteiger partial charge in [-0.15, -0.1) is 0 Å². The van der Waals surface area contributed by atoms with Gasteiger partial charge in [0.15, 0.2) is 0 Å². The molecule has 23 heavy (non-hydrogen) atoms. The molecule has 0 spiro atoms. The summed E-state index contributed by atoms with van der Waals surface area (Å²) in [5, 5.41) is 6.90. The summed E-state index contributed by atoms with van der Waals surface area (Å²) in [6.07, 6.45) is 3.07. The Morgan fingerprint density at radius 2 is 2.17 bits per heavy atom. The van der Waals surface area contributed by atoms with Gasteiger partial charge in [-0.2, -0.15) is 11.3 Å². The number of carbonyl (C=O) groups excluding carboxylic acids is 2. The molecule has 1 saturated heterocycles. The van der Waals surface area contributed by atoms with Gasteiger partial charge >= 0.3 is 6.09 Å². The van der Waals surface area contributed by atoms with Crippen LogP contribution >= 0.6 is 11.3 Å². The predicted molar refractivity (Wildman–Crippen MR) is 91.6 cm³/mol. The molecule has 128 valence electrons. The fourth-order valence-electron chi connectivity index (χ4n) is 2.65. The lowest BCUT2D eigenvalue weighted by molar-refractivity contribution is -0.120. The van der Waals surface area contributed by atoms with E-state index in [1.165, 1.54) is 0 Å². The maximum absolute atomic E-state index is 12.3. The van der Waals surface area contributed by atoms with Crippen molar-refractivity contribution in [3.8, 4) is 0 Å². The zero-order chi connectivity index (χ0) is 16.9. The molecule has 0 aliphatic carbocycles. The minimum absolute atomic E-state index is 0.00175. The number of thiophene rings is 1. The third kappa shape index (κ3) is 5.86. The average Bonchev–Trinajstić information content (AvgIpc) is 2.96. The molecular formula is C17H26N2O3S. The molecule has 0 aromatic carbocycles. The van der Waals surface area contributed by atoms with Crippen molar-refractivity contribution in [3.63, 3.8) is 0 Å². The third-order valence-electron chi connectivity index (χ3n) is 3.73. The lowest BCUT2D eigenvalue weighted by Gasteiger charge is -2.36. The van der Waals surface area contributed by atoms with E-state index in [0.29, 0.717) is 19.5 Å². The Balaban J connectivity index is 1.85. The van der Waals surface area contributed by atoms with E-state index < -0.39 is 5.60 Å². The van der Waals surface area contributed by atoms with Crippen molar-refractivity contribution in [3.05, 3.63) is 22.4 Å². The molecule has 1 atom stereocenters. The van der Waals surface area contributed by atoms with E-state index in [2.05, 4.69) is 5.32 Å². The molecule has 0 unspecified atom stereocenters. The lowest BCUT2D eigenvalue weighted by Crippen LogP contribution is -2.51. The van der Waals surface area contributed by atoms with Crippen molar-refractivity contribution in [1.82, 2.24) is 10.2 Å². The number of amides is 2. The van der Waals surface area contributed by atoms with Crippen molar-refractivity contribution >= 4 is 23.3 Å². The number of rotatable bonds is 4. The molecular weight excluding hydrogens is 312 g/mol. The minimum Gasteiger partial charge on any atom is -0.444 e. The van der Waals surface area contributed by atoms with Crippen molar-refractivity contribution in [1.29, 1.82) is 0 Å². The van der Waals surface area contributed by atoms with E-state index in [-0.39, 0.29) is 18.0 Å². The van der Waals surface area contributed by atoms with Gasteiger partial charge in [0.1, 0.15) is 5.60 Å². The molecule has 5 nitrogen and oxygen atoms in total. The summed E-state index contributed by atoms with van der Waals surface area (Å²) in [4.78, 5) is 26.1. The van der Waals surface area contributed by atoms with E-state index in [1.54, 1.807) is 16.2 Å². The summed E-state index contributed by atoms with van der Waals surface area (Å²) in [5.41, 5.74) is 0.529. The van der Waals surface area contributed by atoms with Gasteiger partial charge in [0.05, 0.1) is 12.5 Å². The van der Waals surface area contributed by atoms with E-state index in [1.807, 2.05) is 37.6 Å². The zero-order valence-corrected chi connectivity index (χ0v) is 14.9. The maximum atomic E-state index is 12.3. The molecule has 1 aromatic rings. The van der Waals surface area contributed by atoms with Crippen LogP contribution in [0.2, 0.25) is 0 Å². The molecule has 6 heteroatoms. The topological polar surface area (TPSA) is 58.6 Å². The fraction of sp³-hybridized carbons (Fsp3) is 0.647. The second-order valence-electron chi connectivity index (χ2n) is 6.94. The van der Waals surface area contributed by atoms with Crippen molar-refractivity contribution in [2.75, 3.05) is 13.1 Å². The molecule has 2 heterocycles. The van der Waals surface area contributed by atoms with Gasteiger partial charge in [-0.05, 0) is 62.4 Å². The van der Waals surface area contributed by atoms with E-state index in [4.69, 9.17) is 4.74 Å². The summed E-state index contributed by atoms with van der Waals surface area (Å²) in [7, 11) is 0. The van der Waals surface area contributed by atoms with E-state index in [0.717, 1.165) is 24.8 Å². The largest absolute Gasteiger partial charge is 0.444 e. The van der Waals surface area contributed by atoms with Crippen LogP contribution in [0.4, 0.5) is 4.79 Å². The standard InChI is InChI=1S/C17H26N2O3S/c1-17(2,3)22-16(21)19-8-5-4-6-14(19)11-18-15(20)10-13-7-9-23-12-13/h7,9,12,14H,4-6,8,10-11H2,1-3H3,(H,18,20)/t14-/m1/s1. The van der Waals surface area contributed by atoms with Gasteiger partial charge < -0.3 is 15.0 Å². The monoisotopic (exact) mass is 338 g/mol. The molecule has 0 saturated carbocycles. The first-order chi connectivity index (χ1) is 10.8. The third-order valence-corrected chi connectivity index (χ3v) is 4.47. The van der Waals surface area contributed by atoms with Crippen LogP contribution in [0.25, 0.3) is 0 Å². The molecule has 0 radical (unpaired) electrons. The van der Waals surface area contributed by atoms with Gasteiger partial charge in [0, 0.05) is 13.1 Å². The normalized spacial score (nSPS) is 18.6.